The monoisotopic (exact) mass is 282 g/mol. The summed E-state index contributed by atoms with van der Waals surface area (Å²) in [5.41, 5.74) is 1.27. The van der Waals surface area contributed by atoms with Crippen LogP contribution in [0.5, 0.6) is 0 Å². The number of benzene rings is 1. The fourth-order valence-corrected chi connectivity index (χ4v) is 3.68. The number of alkyl halides is 1. The third-order valence-electron chi connectivity index (χ3n) is 3.73. The van der Waals surface area contributed by atoms with E-state index in [0.717, 1.165) is 4.47 Å². The minimum atomic E-state index is -0.152. The Morgan fingerprint density at radius 3 is 2.07 bits per heavy atom. The van der Waals surface area contributed by atoms with Crippen molar-refractivity contribution < 1.29 is 0 Å². The molecule has 2 bridgehead atoms. The molecule has 0 saturated heterocycles. The van der Waals surface area contributed by atoms with Crippen molar-refractivity contribution in [1.82, 2.24) is 0 Å². The molecule has 0 radical (unpaired) electrons. The lowest BCUT2D eigenvalue weighted by atomic mass is 9.87. The highest BCUT2D eigenvalue weighted by Gasteiger charge is 2.51. The molecule has 0 amide bonds. The summed E-state index contributed by atoms with van der Waals surface area (Å²) in [7, 11) is 0. The van der Waals surface area contributed by atoms with Crippen molar-refractivity contribution in [3.63, 3.8) is 0 Å². The van der Waals surface area contributed by atoms with E-state index in [9.17, 15) is 0 Å². The Morgan fingerprint density at radius 1 is 1.07 bits per heavy atom. The summed E-state index contributed by atoms with van der Waals surface area (Å²) in [6.45, 7) is 0. The first kappa shape index (κ1) is 9.92. The highest BCUT2D eigenvalue weighted by atomic mass is 79.9. The fourth-order valence-electron chi connectivity index (χ4n) is 2.93. The highest BCUT2D eigenvalue weighted by molar-refractivity contribution is 9.10. The summed E-state index contributed by atoms with van der Waals surface area (Å²) in [4.78, 5) is -0.152. The van der Waals surface area contributed by atoms with Crippen LogP contribution in [-0.4, -0.2) is 0 Å². The molecule has 0 aromatic heterocycles. The Kier molecular flexibility index (Phi) is 2.22. The summed E-state index contributed by atoms with van der Waals surface area (Å²) < 4.78 is 1.12. The minimum absolute atomic E-state index is 0.152. The van der Waals surface area contributed by atoms with Crippen LogP contribution in [0.3, 0.4) is 0 Å². The van der Waals surface area contributed by atoms with E-state index in [1.807, 2.05) is 0 Å². The molecule has 1 aromatic rings. The van der Waals surface area contributed by atoms with Gasteiger partial charge in [0.2, 0.25) is 0 Å². The standard InChI is InChI=1S/C13H12BrCl/c14-12-7-5-11(6-8-12)13(15)9-1-2-10(13)4-3-9/h1-2,5-10H,3-4H2. The van der Waals surface area contributed by atoms with Gasteiger partial charge in [0.15, 0.2) is 0 Å². The second-order valence-corrected chi connectivity index (χ2v) is 5.99. The van der Waals surface area contributed by atoms with Gasteiger partial charge in [0, 0.05) is 16.3 Å². The van der Waals surface area contributed by atoms with Gasteiger partial charge in [0.05, 0.1) is 4.87 Å². The SMILES string of the molecule is ClC1(c2ccc(Br)cc2)C2C=CC1CC2. The number of allylic oxidation sites excluding steroid dienone is 2. The molecular weight excluding hydrogens is 272 g/mol. The molecule has 78 valence electrons. The Balaban J connectivity index is 2.04. The molecule has 3 rings (SSSR count). The molecule has 0 aliphatic heterocycles. The van der Waals surface area contributed by atoms with Crippen molar-refractivity contribution in [1.29, 1.82) is 0 Å². The van der Waals surface area contributed by atoms with Gasteiger partial charge in [-0.05, 0) is 30.5 Å². The van der Waals surface area contributed by atoms with Crippen LogP contribution in [0.2, 0.25) is 0 Å². The van der Waals surface area contributed by atoms with Gasteiger partial charge in [0.1, 0.15) is 0 Å². The smallest absolute Gasteiger partial charge is 0.0819 e. The van der Waals surface area contributed by atoms with E-state index in [1.54, 1.807) is 0 Å². The third-order valence-corrected chi connectivity index (χ3v) is 5.04. The number of rotatable bonds is 1. The van der Waals surface area contributed by atoms with Gasteiger partial charge < -0.3 is 0 Å². The van der Waals surface area contributed by atoms with Gasteiger partial charge in [-0.1, -0.05) is 40.2 Å². The Morgan fingerprint density at radius 2 is 1.60 bits per heavy atom. The minimum Gasteiger partial charge on any atom is -0.113 e. The van der Waals surface area contributed by atoms with E-state index in [1.165, 1.54) is 18.4 Å². The summed E-state index contributed by atoms with van der Waals surface area (Å²) in [6.07, 6.45) is 7.06. The largest absolute Gasteiger partial charge is 0.113 e. The fraction of sp³-hybridized carbons (Fsp3) is 0.385. The highest BCUT2D eigenvalue weighted by Crippen LogP contribution is 2.57. The van der Waals surface area contributed by atoms with Gasteiger partial charge in [-0.3, -0.25) is 0 Å². The number of hydrogen-bond acceptors (Lipinski definition) is 0. The van der Waals surface area contributed by atoms with Crippen molar-refractivity contribution in [2.24, 2.45) is 11.8 Å². The first-order valence-electron chi connectivity index (χ1n) is 5.34. The first-order valence-corrected chi connectivity index (χ1v) is 6.51. The maximum absolute atomic E-state index is 6.83. The molecule has 15 heavy (non-hydrogen) atoms. The summed E-state index contributed by atoms with van der Waals surface area (Å²) in [6, 6.07) is 8.46. The van der Waals surface area contributed by atoms with Crippen molar-refractivity contribution in [2.75, 3.05) is 0 Å². The van der Waals surface area contributed by atoms with Gasteiger partial charge in [0.25, 0.3) is 0 Å². The van der Waals surface area contributed by atoms with Crippen molar-refractivity contribution in [3.05, 3.63) is 46.5 Å². The zero-order chi connectivity index (χ0) is 10.5. The Labute approximate surface area is 103 Å². The predicted octanol–water partition coefficient (Wildman–Crippen LogP) is 4.48. The quantitative estimate of drug-likeness (QED) is 0.526. The molecule has 2 atom stereocenters. The van der Waals surface area contributed by atoms with E-state index >= 15 is 0 Å². The lowest BCUT2D eigenvalue weighted by Crippen LogP contribution is -2.24. The molecule has 1 aromatic carbocycles. The van der Waals surface area contributed by atoms with Crippen LogP contribution in [0.4, 0.5) is 0 Å². The number of fused-ring (bicyclic) bond motifs is 2. The molecule has 0 heterocycles. The average molecular weight is 284 g/mol. The van der Waals surface area contributed by atoms with Crippen molar-refractivity contribution in [2.45, 2.75) is 17.7 Å². The average Bonchev–Trinajstić information content (AvgIpc) is 2.74. The maximum atomic E-state index is 6.83. The molecule has 2 aliphatic rings. The first-order chi connectivity index (χ1) is 7.21. The van der Waals surface area contributed by atoms with Crippen LogP contribution in [0.15, 0.2) is 40.9 Å². The van der Waals surface area contributed by atoms with Crippen LogP contribution in [-0.2, 0) is 4.87 Å². The molecule has 0 N–H and O–H groups in total. The molecule has 1 saturated carbocycles. The lowest BCUT2D eigenvalue weighted by molar-refractivity contribution is 0.495. The normalized spacial score (nSPS) is 37.5. The van der Waals surface area contributed by atoms with E-state index in [0.29, 0.717) is 11.8 Å². The molecule has 2 heteroatoms. The molecule has 0 spiro atoms. The van der Waals surface area contributed by atoms with E-state index in [-0.39, 0.29) is 4.87 Å². The summed E-state index contributed by atoms with van der Waals surface area (Å²) in [5.74, 6) is 1.07. The predicted molar refractivity (Wildman–Crippen MR) is 67.0 cm³/mol. The molecule has 0 nitrogen and oxygen atoms in total. The second kappa shape index (κ2) is 3.36. The topological polar surface area (TPSA) is 0 Å². The zero-order valence-electron chi connectivity index (χ0n) is 8.29. The van der Waals surface area contributed by atoms with Crippen LogP contribution in [0, 0.1) is 11.8 Å². The van der Waals surface area contributed by atoms with Crippen LogP contribution < -0.4 is 0 Å². The van der Waals surface area contributed by atoms with Crippen LogP contribution >= 0.6 is 27.5 Å². The van der Waals surface area contributed by atoms with Gasteiger partial charge in [-0.2, -0.15) is 0 Å². The van der Waals surface area contributed by atoms with Crippen molar-refractivity contribution in [3.8, 4) is 0 Å². The zero-order valence-corrected chi connectivity index (χ0v) is 10.6. The number of hydrogen-bond donors (Lipinski definition) is 0. The summed E-state index contributed by atoms with van der Waals surface area (Å²) >= 11 is 10.3. The molecule has 2 unspecified atom stereocenters. The third kappa shape index (κ3) is 1.33. The van der Waals surface area contributed by atoms with Gasteiger partial charge in [-0.25, -0.2) is 0 Å². The Hall–Kier alpha value is -0.270. The van der Waals surface area contributed by atoms with Crippen molar-refractivity contribution >= 4 is 27.5 Å². The summed E-state index contributed by atoms with van der Waals surface area (Å²) in [5, 5.41) is 0. The van der Waals surface area contributed by atoms with Crippen LogP contribution in [0.25, 0.3) is 0 Å². The second-order valence-electron chi connectivity index (χ2n) is 4.45. The molecule has 1 fully saturated rings. The Bertz CT molecular complexity index is 393. The molecule has 2 aliphatic carbocycles. The maximum Gasteiger partial charge on any atom is 0.0819 e. The van der Waals surface area contributed by atoms with E-state index in [2.05, 4.69) is 52.3 Å². The lowest BCUT2D eigenvalue weighted by Gasteiger charge is -2.28. The van der Waals surface area contributed by atoms with E-state index < -0.39 is 0 Å². The van der Waals surface area contributed by atoms with Gasteiger partial charge >= 0.3 is 0 Å². The number of halogens is 2. The molecular formula is C13H12BrCl. The van der Waals surface area contributed by atoms with Gasteiger partial charge in [-0.15, -0.1) is 11.6 Å². The van der Waals surface area contributed by atoms with Crippen LogP contribution in [0.1, 0.15) is 18.4 Å². The van der Waals surface area contributed by atoms with E-state index in [4.69, 9.17) is 11.6 Å².